The van der Waals surface area contributed by atoms with Crippen LogP contribution in [0.1, 0.15) is 81.1 Å². The molecule has 7 rings (SSSR count). The molecule has 3 aromatic rings. The van der Waals surface area contributed by atoms with Crippen molar-refractivity contribution in [2.75, 3.05) is 38.6 Å². The van der Waals surface area contributed by atoms with Crippen molar-refractivity contribution >= 4 is 40.3 Å². The number of halogens is 3. The lowest BCUT2D eigenvalue weighted by Crippen LogP contribution is -2.46. The lowest BCUT2D eigenvalue weighted by molar-refractivity contribution is -0.160. The molecule has 0 radical (unpaired) electrons. The molecule has 69 heavy (non-hydrogen) atoms. The Morgan fingerprint density at radius 2 is 1.64 bits per heavy atom. The van der Waals surface area contributed by atoms with Gasteiger partial charge < -0.3 is 49.8 Å². The average molecular weight is 967 g/mol. The molecule has 9 unspecified atom stereocenters. The maximum atomic E-state index is 14.6. The van der Waals surface area contributed by atoms with Gasteiger partial charge in [0, 0.05) is 93.9 Å². The number of esters is 1. The van der Waals surface area contributed by atoms with Crippen molar-refractivity contribution < 1.29 is 72.0 Å². The summed E-state index contributed by atoms with van der Waals surface area (Å²) in [6, 6.07) is 5.11. The third kappa shape index (κ3) is 10.9. The molecule has 1 fully saturated rings. The van der Waals surface area contributed by atoms with E-state index < -0.39 is 101 Å². The van der Waals surface area contributed by atoms with E-state index in [4.69, 9.17) is 18.9 Å². The predicted octanol–water partition coefficient (Wildman–Crippen LogP) is 6.92. The molecule has 6 N–H and O–H groups in total. The minimum Gasteiger partial charge on any atom is -0.507 e. The van der Waals surface area contributed by atoms with Gasteiger partial charge in [0.05, 0.1) is 58.6 Å². The van der Waals surface area contributed by atoms with E-state index in [1.165, 1.54) is 59.2 Å². The van der Waals surface area contributed by atoms with E-state index >= 15 is 0 Å². The zero-order chi connectivity index (χ0) is 50.9. The Labute approximate surface area is 398 Å². The fourth-order valence-electron chi connectivity index (χ4n) is 9.13. The van der Waals surface area contributed by atoms with Crippen LogP contribution in [0, 0.1) is 30.6 Å². The molecule has 1 saturated heterocycles. The Morgan fingerprint density at radius 1 is 0.957 bits per heavy atom. The van der Waals surface area contributed by atoms with Crippen LogP contribution in [0.25, 0.3) is 10.8 Å². The number of anilines is 1. The number of nitrogens with one attached hydrogen (secondary N) is 1. The van der Waals surface area contributed by atoms with E-state index in [0.717, 1.165) is 18.4 Å². The zero-order valence-electron chi connectivity index (χ0n) is 40.0. The number of hydrogen-bond acceptors (Lipinski definition) is 15. The lowest BCUT2D eigenvalue weighted by atomic mass is 9.78. The third-order valence-electron chi connectivity index (χ3n) is 13.4. The molecule has 374 valence electrons. The molecule has 16 nitrogen and oxygen atoms in total. The van der Waals surface area contributed by atoms with Crippen molar-refractivity contribution in [1.82, 2.24) is 9.91 Å². The van der Waals surface area contributed by atoms with E-state index in [-0.39, 0.29) is 51.0 Å². The van der Waals surface area contributed by atoms with E-state index in [0.29, 0.717) is 31.7 Å². The lowest BCUT2D eigenvalue weighted by Gasteiger charge is -2.38. The maximum Gasteiger partial charge on any atom is 0.416 e. The number of hydrazone groups is 1. The number of benzene rings is 3. The number of carbonyl (C=O) groups is 3. The highest BCUT2D eigenvalue weighted by atomic mass is 19.4. The monoisotopic (exact) mass is 966 g/mol. The van der Waals surface area contributed by atoms with E-state index in [2.05, 4.69) is 10.4 Å². The van der Waals surface area contributed by atoms with Gasteiger partial charge in [0.1, 0.15) is 23.4 Å². The number of nitrogens with zero attached hydrogens (tertiary/aromatic N) is 3. The number of amides is 1. The summed E-state index contributed by atoms with van der Waals surface area (Å²) in [7, 11) is 1.41. The second-order valence-electron chi connectivity index (χ2n) is 18.3. The Balaban J connectivity index is 1.43. The number of ketones is 1. The Morgan fingerprint density at radius 3 is 2.28 bits per heavy atom. The van der Waals surface area contributed by atoms with Gasteiger partial charge >= 0.3 is 17.9 Å². The van der Waals surface area contributed by atoms with Crippen LogP contribution in [0.5, 0.6) is 23.0 Å². The smallest absolute Gasteiger partial charge is 0.416 e. The van der Waals surface area contributed by atoms with Crippen LogP contribution in [-0.2, 0) is 36.5 Å². The first-order chi connectivity index (χ1) is 32.4. The first-order valence-electron chi connectivity index (χ1n) is 22.6. The van der Waals surface area contributed by atoms with Crippen LogP contribution < -0.4 is 10.1 Å². The van der Waals surface area contributed by atoms with Gasteiger partial charge in [-0.05, 0) is 31.6 Å². The predicted molar refractivity (Wildman–Crippen MR) is 250 cm³/mol. The largest absolute Gasteiger partial charge is 0.507 e. The average Bonchev–Trinajstić information content (AvgIpc) is 3.57. The van der Waals surface area contributed by atoms with Gasteiger partial charge in [0.15, 0.2) is 5.75 Å². The van der Waals surface area contributed by atoms with Crippen molar-refractivity contribution in [3.8, 4) is 23.0 Å². The molecular weight excluding hydrogens is 906 g/mol. The summed E-state index contributed by atoms with van der Waals surface area (Å²) >= 11 is 0. The number of phenolic OH excluding ortho intramolecular Hbond substituents is 3. The number of aromatic hydroxyl groups is 3. The highest BCUT2D eigenvalue weighted by molar-refractivity contribution is 6.23. The Bertz CT molecular complexity index is 2570. The van der Waals surface area contributed by atoms with Crippen LogP contribution in [0.2, 0.25) is 0 Å². The van der Waals surface area contributed by atoms with Gasteiger partial charge in [-0.3, -0.25) is 24.3 Å². The van der Waals surface area contributed by atoms with Gasteiger partial charge in [-0.1, -0.05) is 64.1 Å². The Kier molecular flexibility index (Phi) is 15.8. The quantitative estimate of drug-likeness (QED) is 0.0639. The van der Waals surface area contributed by atoms with Crippen molar-refractivity contribution in [1.29, 1.82) is 0 Å². The molecule has 5 bridgehead atoms. The van der Waals surface area contributed by atoms with Gasteiger partial charge in [-0.15, -0.1) is 0 Å². The molecular formula is C50H61F3N4O12. The number of carbonyl (C=O) groups excluding carboxylic acids is 3. The summed E-state index contributed by atoms with van der Waals surface area (Å²) in [6.07, 6.45) is -0.100. The minimum absolute atomic E-state index is 0.00372. The second-order valence-corrected chi connectivity index (χ2v) is 18.3. The Hall–Kier alpha value is -6.15. The molecule has 0 aromatic heterocycles. The van der Waals surface area contributed by atoms with E-state index in [1.807, 2.05) is 4.90 Å². The van der Waals surface area contributed by atoms with Gasteiger partial charge in [-0.25, -0.2) is 0 Å². The van der Waals surface area contributed by atoms with Crippen LogP contribution in [-0.4, -0.2) is 123 Å². The van der Waals surface area contributed by atoms with Crippen LogP contribution in [0.3, 0.4) is 0 Å². The van der Waals surface area contributed by atoms with Crippen molar-refractivity contribution in [3.63, 3.8) is 0 Å². The van der Waals surface area contributed by atoms with Crippen LogP contribution in [0.15, 0.2) is 65.5 Å². The summed E-state index contributed by atoms with van der Waals surface area (Å²) in [5, 5.41) is 67.0. The van der Waals surface area contributed by atoms with Crippen molar-refractivity contribution in [3.05, 3.63) is 88.2 Å². The number of ether oxygens (including phenoxy) is 4. The fraction of sp³-hybridized carbons (Fsp3) is 0.480. The first-order valence-corrected chi connectivity index (χ1v) is 22.6. The molecule has 4 heterocycles. The highest BCUT2D eigenvalue weighted by Crippen LogP contribution is 2.55. The number of methoxy groups -OCH3 is 1. The van der Waals surface area contributed by atoms with Crippen LogP contribution in [0.4, 0.5) is 18.9 Å². The number of rotatable bonds is 6. The summed E-state index contributed by atoms with van der Waals surface area (Å²) in [6.45, 7) is 13.9. The van der Waals surface area contributed by atoms with Crippen LogP contribution >= 0.6 is 0 Å². The molecule has 1 amide bonds. The first kappa shape index (κ1) is 52.2. The molecule has 4 aliphatic rings. The number of phenols is 3. The minimum atomic E-state index is -4.48. The summed E-state index contributed by atoms with van der Waals surface area (Å²) in [4.78, 5) is 42.8. The number of aliphatic hydroxyl groups excluding tert-OH is 2. The van der Waals surface area contributed by atoms with E-state index in [9.17, 15) is 53.1 Å². The van der Waals surface area contributed by atoms with Crippen molar-refractivity contribution in [2.45, 2.75) is 98.3 Å². The number of Topliss-reactive ketones (excluding diaryl/α,β-unsaturated/α-hetero) is 1. The summed E-state index contributed by atoms with van der Waals surface area (Å²) < 4.78 is 63.8. The third-order valence-corrected chi connectivity index (χ3v) is 13.4. The SMILES string of the molecule is COC1C=COC2(C)Oc3c(C)c(O)c4c(O)c(c(/C=N/N5CCN(Cc6cccc(C(F)(F)F)c6)CC5)c(O)c4c3C2=O)NC(=O)C(C)=CC=CC(C)C(O)C(C)C(O)C(C)C(OC(C)=O)C1C. The fourth-order valence-corrected chi connectivity index (χ4v) is 9.13. The number of aliphatic hydroxyl groups is 2. The van der Waals surface area contributed by atoms with Gasteiger partial charge in [0.2, 0.25) is 0 Å². The number of alkyl halides is 3. The molecule has 0 aliphatic carbocycles. The molecule has 4 aliphatic heterocycles. The highest BCUT2D eigenvalue weighted by Gasteiger charge is 2.50. The molecule has 19 heteroatoms. The summed E-state index contributed by atoms with van der Waals surface area (Å²) in [5.74, 6) is -9.08. The molecule has 9 atom stereocenters. The van der Waals surface area contributed by atoms with Crippen molar-refractivity contribution in [2.24, 2.45) is 28.8 Å². The van der Waals surface area contributed by atoms with E-state index in [1.54, 1.807) is 50.9 Å². The molecule has 0 saturated carbocycles. The number of piperazine rings is 1. The van der Waals surface area contributed by atoms with Gasteiger partial charge in [-0.2, -0.15) is 18.3 Å². The molecule has 0 spiro atoms. The topological polar surface area (TPSA) is 220 Å². The zero-order valence-corrected chi connectivity index (χ0v) is 40.0. The molecule has 3 aromatic carbocycles. The second kappa shape index (κ2) is 20.8. The number of allylic oxidation sites excluding steroid dienone is 2. The number of fused-ring (bicyclic) bond motifs is 14. The summed E-state index contributed by atoms with van der Waals surface area (Å²) in [5.41, 5.74) is -1.02. The number of hydrogen-bond donors (Lipinski definition) is 6. The normalized spacial score (nSPS) is 27.7. The standard InChI is InChI=1S/C50H61F3N4O12/c1-25-12-10-13-26(2)48(65)55-39-34(23-54-57-19-17-56(18-20-57)24-32-14-11-15-33(22-32)50(51,52)53)43(62)36-37(44(39)63)42(61)30(6)46-38(36)47(64)49(8,69-46)67-21-16-35(66-9)27(3)45(68-31(7)58)29(5)41(60)28(4)40(25)59/h10-16,21-23,25,27-29,35,40-41,45,59-63H,17-20,24H2,1-9H3,(H,55,65)/b12-10?,21-16?,26-13?,54-23+. The maximum absolute atomic E-state index is 14.6. The van der Waals surface area contributed by atoms with Gasteiger partial charge in [0.25, 0.3) is 11.7 Å².